The molecule has 106 valence electrons. The summed E-state index contributed by atoms with van der Waals surface area (Å²) in [5.74, 6) is -1.28. The molecule has 1 heterocycles. The van der Waals surface area contributed by atoms with E-state index in [1.54, 1.807) is 6.20 Å². The first-order valence-corrected chi connectivity index (χ1v) is 8.10. The van der Waals surface area contributed by atoms with Crippen molar-refractivity contribution in [2.24, 2.45) is 0 Å². The molecule has 1 aromatic carbocycles. The topological polar surface area (TPSA) is 79.0 Å². The molecule has 0 unspecified atom stereocenters. The summed E-state index contributed by atoms with van der Waals surface area (Å²) in [5, 5.41) is 2.32. The fourth-order valence-electron chi connectivity index (χ4n) is 1.52. The molecular formula is C12H10BrFN2O3S. The van der Waals surface area contributed by atoms with Crippen LogP contribution in [0.15, 0.2) is 39.8 Å². The number of carbonyl (C=O) groups excluding carboxylic acids is 1. The first-order chi connectivity index (χ1) is 9.27. The van der Waals surface area contributed by atoms with Gasteiger partial charge in [0.25, 0.3) is 5.91 Å². The van der Waals surface area contributed by atoms with E-state index in [1.807, 2.05) is 0 Å². The number of nitrogens with one attached hydrogen (secondary N) is 2. The number of benzene rings is 1. The van der Waals surface area contributed by atoms with E-state index in [9.17, 15) is 17.6 Å². The van der Waals surface area contributed by atoms with Gasteiger partial charge < -0.3 is 10.3 Å². The molecule has 5 nitrogen and oxygen atoms in total. The zero-order chi connectivity index (χ0) is 14.9. The number of sulfone groups is 1. The predicted octanol–water partition coefficient (Wildman–Crippen LogP) is 2.57. The van der Waals surface area contributed by atoms with E-state index in [-0.39, 0.29) is 16.3 Å². The molecule has 0 aliphatic rings. The van der Waals surface area contributed by atoms with Gasteiger partial charge in [-0.05, 0) is 40.2 Å². The van der Waals surface area contributed by atoms with Crippen LogP contribution in [0, 0.1) is 5.82 Å². The van der Waals surface area contributed by atoms with Crippen LogP contribution in [0.4, 0.5) is 10.1 Å². The molecule has 0 radical (unpaired) electrons. The number of aromatic nitrogens is 1. The fraction of sp³-hybridized carbons (Fsp3) is 0.0833. The molecule has 1 aromatic heterocycles. The Morgan fingerprint density at radius 2 is 2.05 bits per heavy atom. The molecule has 2 N–H and O–H groups in total. The van der Waals surface area contributed by atoms with Gasteiger partial charge in [0.05, 0.1) is 10.6 Å². The average molecular weight is 361 g/mol. The summed E-state index contributed by atoms with van der Waals surface area (Å²) in [6, 6.07) is 4.75. The molecule has 20 heavy (non-hydrogen) atoms. The molecule has 0 saturated heterocycles. The molecular weight excluding hydrogens is 351 g/mol. The van der Waals surface area contributed by atoms with Crippen molar-refractivity contribution in [3.8, 4) is 0 Å². The first kappa shape index (κ1) is 14.7. The molecule has 0 saturated carbocycles. The van der Waals surface area contributed by atoms with E-state index in [1.165, 1.54) is 6.07 Å². The summed E-state index contributed by atoms with van der Waals surface area (Å²) in [6.07, 6.45) is 2.56. The molecule has 2 rings (SSSR count). The van der Waals surface area contributed by atoms with Crippen molar-refractivity contribution in [3.63, 3.8) is 0 Å². The average Bonchev–Trinajstić information content (AvgIpc) is 2.77. The Kier molecular flexibility index (Phi) is 3.96. The van der Waals surface area contributed by atoms with Gasteiger partial charge in [-0.15, -0.1) is 0 Å². The second-order valence-electron chi connectivity index (χ2n) is 4.10. The van der Waals surface area contributed by atoms with E-state index in [0.717, 1.165) is 24.5 Å². The second kappa shape index (κ2) is 5.37. The number of anilines is 1. The highest BCUT2D eigenvalue weighted by Gasteiger charge is 2.14. The zero-order valence-corrected chi connectivity index (χ0v) is 12.7. The summed E-state index contributed by atoms with van der Waals surface area (Å²) in [4.78, 5) is 14.5. The lowest BCUT2D eigenvalue weighted by molar-refractivity contribution is 0.102. The Morgan fingerprint density at radius 1 is 1.35 bits per heavy atom. The van der Waals surface area contributed by atoms with Crippen molar-refractivity contribution in [1.29, 1.82) is 0 Å². The van der Waals surface area contributed by atoms with E-state index in [4.69, 9.17) is 0 Å². The summed E-state index contributed by atoms with van der Waals surface area (Å²) < 4.78 is 37.1. The van der Waals surface area contributed by atoms with Crippen molar-refractivity contribution in [2.45, 2.75) is 4.90 Å². The van der Waals surface area contributed by atoms with Crippen molar-refractivity contribution in [1.82, 2.24) is 4.98 Å². The van der Waals surface area contributed by atoms with Crippen LogP contribution >= 0.6 is 15.9 Å². The monoisotopic (exact) mass is 360 g/mol. The van der Waals surface area contributed by atoms with Crippen molar-refractivity contribution >= 4 is 37.4 Å². The number of hydrogen-bond acceptors (Lipinski definition) is 3. The lowest BCUT2D eigenvalue weighted by atomic mass is 10.3. The predicted molar refractivity (Wildman–Crippen MR) is 76.0 cm³/mol. The molecule has 0 aliphatic carbocycles. The van der Waals surface area contributed by atoms with Crippen LogP contribution in [0.1, 0.15) is 10.5 Å². The third kappa shape index (κ3) is 3.26. The maximum Gasteiger partial charge on any atom is 0.272 e. The Morgan fingerprint density at radius 3 is 2.60 bits per heavy atom. The van der Waals surface area contributed by atoms with Gasteiger partial charge in [0.15, 0.2) is 9.84 Å². The molecule has 0 aliphatic heterocycles. The van der Waals surface area contributed by atoms with Crippen LogP contribution in [-0.4, -0.2) is 25.6 Å². The number of halogens is 2. The van der Waals surface area contributed by atoms with Gasteiger partial charge in [-0.2, -0.15) is 0 Å². The SMILES string of the molecule is CS(=O)(=O)c1ccc(F)c(NC(=O)c2cc(Br)c[nH]2)c1. The lowest BCUT2D eigenvalue weighted by Gasteiger charge is -2.07. The number of hydrogen-bond donors (Lipinski definition) is 2. The fourth-order valence-corrected chi connectivity index (χ4v) is 2.51. The maximum atomic E-state index is 13.6. The summed E-state index contributed by atoms with van der Waals surface area (Å²) in [5.41, 5.74) is 0.0321. The third-order valence-corrected chi connectivity index (χ3v) is 4.07. The minimum atomic E-state index is -3.47. The molecule has 0 atom stereocenters. The number of carbonyl (C=O) groups is 1. The Bertz CT molecular complexity index is 771. The first-order valence-electron chi connectivity index (χ1n) is 5.42. The summed E-state index contributed by atoms with van der Waals surface area (Å²) >= 11 is 3.17. The maximum absolute atomic E-state index is 13.6. The number of aromatic amines is 1. The van der Waals surface area contributed by atoms with Crippen LogP contribution in [0.3, 0.4) is 0 Å². The zero-order valence-electron chi connectivity index (χ0n) is 10.3. The molecule has 0 spiro atoms. The van der Waals surface area contributed by atoms with Gasteiger partial charge in [-0.25, -0.2) is 12.8 Å². The highest BCUT2D eigenvalue weighted by Crippen LogP contribution is 2.20. The quantitative estimate of drug-likeness (QED) is 0.825. The number of H-pyrrole nitrogens is 1. The minimum absolute atomic E-state index is 0.0677. The third-order valence-electron chi connectivity index (χ3n) is 2.51. The lowest BCUT2D eigenvalue weighted by Crippen LogP contribution is -2.14. The summed E-state index contributed by atoms with van der Waals surface area (Å²) in [7, 11) is -3.47. The molecule has 8 heteroatoms. The molecule has 1 amide bonds. The molecule has 0 bridgehead atoms. The molecule has 2 aromatic rings. The van der Waals surface area contributed by atoms with Crippen LogP contribution in [0.2, 0.25) is 0 Å². The van der Waals surface area contributed by atoms with Crippen LogP contribution in [0.25, 0.3) is 0 Å². The van der Waals surface area contributed by atoms with Crippen LogP contribution in [-0.2, 0) is 9.84 Å². The van der Waals surface area contributed by atoms with Crippen LogP contribution in [0.5, 0.6) is 0 Å². The van der Waals surface area contributed by atoms with E-state index in [2.05, 4.69) is 26.2 Å². The van der Waals surface area contributed by atoms with Gasteiger partial charge in [0.2, 0.25) is 0 Å². The van der Waals surface area contributed by atoms with Crippen molar-refractivity contribution in [3.05, 3.63) is 46.4 Å². The van der Waals surface area contributed by atoms with E-state index >= 15 is 0 Å². The Balaban J connectivity index is 2.31. The smallest absolute Gasteiger partial charge is 0.272 e. The van der Waals surface area contributed by atoms with Crippen molar-refractivity contribution < 1.29 is 17.6 Å². The largest absolute Gasteiger partial charge is 0.356 e. The normalized spacial score (nSPS) is 11.3. The summed E-state index contributed by atoms with van der Waals surface area (Å²) in [6.45, 7) is 0. The van der Waals surface area contributed by atoms with Crippen LogP contribution < -0.4 is 5.32 Å². The second-order valence-corrected chi connectivity index (χ2v) is 7.03. The van der Waals surface area contributed by atoms with Gasteiger partial charge in [0.1, 0.15) is 11.5 Å². The Labute approximate surface area is 123 Å². The van der Waals surface area contributed by atoms with Gasteiger partial charge in [0, 0.05) is 16.9 Å². The van der Waals surface area contributed by atoms with Gasteiger partial charge in [-0.1, -0.05) is 0 Å². The van der Waals surface area contributed by atoms with Crippen molar-refractivity contribution in [2.75, 3.05) is 11.6 Å². The molecule has 0 fully saturated rings. The number of rotatable bonds is 3. The van der Waals surface area contributed by atoms with Gasteiger partial charge >= 0.3 is 0 Å². The van der Waals surface area contributed by atoms with E-state index in [0.29, 0.717) is 4.47 Å². The minimum Gasteiger partial charge on any atom is -0.356 e. The highest BCUT2D eigenvalue weighted by molar-refractivity contribution is 9.10. The van der Waals surface area contributed by atoms with E-state index < -0.39 is 21.6 Å². The standard InChI is InChI=1S/C12H10BrFN2O3S/c1-20(18,19)8-2-3-9(14)10(5-8)16-12(17)11-4-7(13)6-15-11/h2-6,15H,1H3,(H,16,17). The number of amides is 1. The highest BCUT2D eigenvalue weighted by atomic mass is 79.9. The van der Waals surface area contributed by atoms with Gasteiger partial charge in [-0.3, -0.25) is 4.79 Å². The Hall–Kier alpha value is -1.67.